The topological polar surface area (TPSA) is 98.7 Å². The molecule has 1 unspecified atom stereocenters. The Hall–Kier alpha value is -1.30. The maximum absolute atomic E-state index is 11.3. The third-order valence-electron chi connectivity index (χ3n) is 2.30. The van der Waals surface area contributed by atoms with E-state index in [9.17, 15) is 9.59 Å². The Morgan fingerprint density at radius 2 is 1.88 bits per heavy atom. The minimum absolute atomic E-state index is 0.0435. The van der Waals surface area contributed by atoms with E-state index in [2.05, 4.69) is 10.6 Å². The molecule has 2 amide bonds. The average Bonchev–Trinajstić information content (AvgIpc) is 2.21. The van der Waals surface area contributed by atoms with Crippen LogP contribution in [0.2, 0.25) is 0 Å². The van der Waals surface area contributed by atoms with Crippen molar-refractivity contribution in [2.75, 3.05) is 6.54 Å². The zero-order valence-electron chi connectivity index (χ0n) is 9.86. The number of rotatable bonds is 6. The van der Waals surface area contributed by atoms with Crippen LogP contribution >= 0.6 is 0 Å². The summed E-state index contributed by atoms with van der Waals surface area (Å²) in [6.45, 7) is 5.63. The monoisotopic (exact) mass is 232 g/mol. The number of hydrogen-bond acceptors (Lipinski definition) is 3. The van der Waals surface area contributed by atoms with Crippen LogP contribution in [0.25, 0.3) is 0 Å². The lowest BCUT2D eigenvalue weighted by molar-refractivity contribution is -0.146. The standard InChI is InChI=1S/C10H20N2O4/c1-4-7(6(2)3)12-10(16)11-5-8(13)9(14)15/h6-8,13H,4-5H2,1-3H3,(H,14,15)(H2,11,12,16)/t7?,8-/m0/s1. The molecule has 0 aliphatic carbocycles. The molecule has 0 aromatic rings. The van der Waals surface area contributed by atoms with Gasteiger partial charge in [-0.15, -0.1) is 0 Å². The summed E-state index contributed by atoms with van der Waals surface area (Å²) in [5.74, 6) is -1.05. The second kappa shape index (κ2) is 7.05. The van der Waals surface area contributed by atoms with E-state index in [4.69, 9.17) is 10.2 Å². The maximum atomic E-state index is 11.3. The van der Waals surface area contributed by atoms with Crippen LogP contribution in [0.4, 0.5) is 4.79 Å². The third-order valence-corrected chi connectivity index (χ3v) is 2.30. The lowest BCUT2D eigenvalue weighted by atomic mass is 10.0. The Kier molecular flexibility index (Phi) is 6.48. The first-order valence-electron chi connectivity index (χ1n) is 5.33. The molecule has 0 saturated carbocycles. The van der Waals surface area contributed by atoms with E-state index in [1.807, 2.05) is 20.8 Å². The maximum Gasteiger partial charge on any atom is 0.334 e. The highest BCUT2D eigenvalue weighted by molar-refractivity contribution is 5.76. The summed E-state index contributed by atoms with van der Waals surface area (Å²) in [4.78, 5) is 21.6. The van der Waals surface area contributed by atoms with Crippen LogP contribution in [-0.4, -0.2) is 40.9 Å². The summed E-state index contributed by atoms with van der Waals surface area (Å²) in [6.07, 6.45) is -0.767. The number of urea groups is 1. The van der Waals surface area contributed by atoms with Gasteiger partial charge in [-0.3, -0.25) is 0 Å². The number of carbonyl (C=O) groups is 2. The van der Waals surface area contributed by atoms with Crippen molar-refractivity contribution in [1.82, 2.24) is 10.6 Å². The molecular formula is C10H20N2O4. The first kappa shape index (κ1) is 14.7. The van der Waals surface area contributed by atoms with E-state index in [1.165, 1.54) is 0 Å². The number of aliphatic carboxylic acids is 1. The molecule has 4 N–H and O–H groups in total. The molecule has 6 nitrogen and oxygen atoms in total. The van der Waals surface area contributed by atoms with Gasteiger partial charge in [0.15, 0.2) is 6.10 Å². The summed E-state index contributed by atoms with van der Waals surface area (Å²) in [5, 5.41) is 22.3. The highest BCUT2D eigenvalue weighted by Crippen LogP contribution is 2.04. The molecule has 0 spiro atoms. The van der Waals surface area contributed by atoms with Gasteiger partial charge < -0.3 is 20.8 Å². The van der Waals surface area contributed by atoms with Gasteiger partial charge in [-0.25, -0.2) is 9.59 Å². The fourth-order valence-electron chi connectivity index (χ4n) is 1.24. The Morgan fingerprint density at radius 1 is 1.31 bits per heavy atom. The Bertz CT molecular complexity index is 243. The molecule has 0 saturated heterocycles. The number of aliphatic hydroxyl groups is 1. The third kappa shape index (κ3) is 5.55. The van der Waals surface area contributed by atoms with Crippen LogP contribution in [0.1, 0.15) is 27.2 Å². The molecule has 2 atom stereocenters. The molecule has 94 valence electrons. The molecule has 0 aromatic heterocycles. The molecule has 0 bridgehead atoms. The van der Waals surface area contributed by atoms with Crippen molar-refractivity contribution in [2.24, 2.45) is 5.92 Å². The molecule has 0 aliphatic heterocycles. The van der Waals surface area contributed by atoms with Gasteiger partial charge in [0.05, 0.1) is 6.54 Å². The first-order valence-corrected chi connectivity index (χ1v) is 5.33. The van der Waals surface area contributed by atoms with Crippen LogP contribution in [0.5, 0.6) is 0 Å². The van der Waals surface area contributed by atoms with Crippen molar-refractivity contribution >= 4 is 12.0 Å². The van der Waals surface area contributed by atoms with E-state index < -0.39 is 18.1 Å². The van der Waals surface area contributed by atoms with Gasteiger partial charge in [0, 0.05) is 6.04 Å². The summed E-state index contributed by atoms with van der Waals surface area (Å²) in [7, 11) is 0. The molecule has 0 heterocycles. The molecular weight excluding hydrogens is 212 g/mol. The number of carboxylic acid groups (broad SMARTS) is 1. The van der Waals surface area contributed by atoms with Crippen LogP contribution in [0, 0.1) is 5.92 Å². The van der Waals surface area contributed by atoms with E-state index in [0.29, 0.717) is 5.92 Å². The first-order chi connectivity index (χ1) is 7.38. The minimum atomic E-state index is -1.56. The van der Waals surface area contributed by atoms with Crippen molar-refractivity contribution in [3.8, 4) is 0 Å². The largest absolute Gasteiger partial charge is 0.479 e. The van der Waals surface area contributed by atoms with E-state index >= 15 is 0 Å². The quantitative estimate of drug-likeness (QED) is 0.524. The van der Waals surface area contributed by atoms with Crippen molar-refractivity contribution in [1.29, 1.82) is 0 Å². The smallest absolute Gasteiger partial charge is 0.334 e. The lowest BCUT2D eigenvalue weighted by Gasteiger charge is -2.21. The number of hydrogen-bond donors (Lipinski definition) is 4. The predicted molar refractivity (Wildman–Crippen MR) is 59.1 cm³/mol. The number of nitrogens with one attached hydrogen (secondary N) is 2. The second-order valence-corrected chi connectivity index (χ2v) is 3.97. The van der Waals surface area contributed by atoms with Gasteiger partial charge >= 0.3 is 12.0 Å². The van der Waals surface area contributed by atoms with E-state index in [1.54, 1.807) is 0 Å². The minimum Gasteiger partial charge on any atom is -0.479 e. The van der Waals surface area contributed by atoms with Crippen LogP contribution in [0.3, 0.4) is 0 Å². The molecule has 6 heteroatoms. The van der Waals surface area contributed by atoms with Crippen LogP contribution in [-0.2, 0) is 4.79 Å². The fraction of sp³-hybridized carbons (Fsp3) is 0.800. The van der Waals surface area contributed by atoms with Gasteiger partial charge in [0.2, 0.25) is 0 Å². The molecule has 0 radical (unpaired) electrons. The van der Waals surface area contributed by atoms with Crippen molar-refractivity contribution in [3.63, 3.8) is 0 Å². The number of aliphatic hydroxyl groups excluding tert-OH is 1. The van der Waals surface area contributed by atoms with E-state index in [0.717, 1.165) is 6.42 Å². The normalized spacial score (nSPS) is 14.3. The number of amides is 2. The number of carbonyl (C=O) groups excluding carboxylic acids is 1. The van der Waals surface area contributed by atoms with Gasteiger partial charge in [-0.1, -0.05) is 20.8 Å². The molecule has 0 aromatic carbocycles. The average molecular weight is 232 g/mol. The van der Waals surface area contributed by atoms with Gasteiger partial charge in [-0.2, -0.15) is 0 Å². The van der Waals surface area contributed by atoms with Crippen LogP contribution in [0.15, 0.2) is 0 Å². The van der Waals surface area contributed by atoms with E-state index in [-0.39, 0.29) is 12.6 Å². The zero-order valence-corrected chi connectivity index (χ0v) is 9.86. The van der Waals surface area contributed by atoms with Crippen molar-refractivity contribution in [3.05, 3.63) is 0 Å². The molecule has 0 rings (SSSR count). The van der Waals surface area contributed by atoms with Crippen molar-refractivity contribution in [2.45, 2.75) is 39.3 Å². The predicted octanol–water partition coefficient (Wildman–Crippen LogP) is 0.166. The Labute approximate surface area is 95.0 Å². The Morgan fingerprint density at radius 3 is 2.25 bits per heavy atom. The molecule has 0 fully saturated rings. The van der Waals surface area contributed by atoms with Gasteiger partial charge in [0.25, 0.3) is 0 Å². The summed E-state index contributed by atoms with van der Waals surface area (Å²) in [5.41, 5.74) is 0. The summed E-state index contributed by atoms with van der Waals surface area (Å²) >= 11 is 0. The molecule has 16 heavy (non-hydrogen) atoms. The number of carboxylic acids is 1. The SMILES string of the molecule is CCC(NC(=O)NC[C@H](O)C(=O)O)C(C)C. The Balaban J connectivity index is 3.94. The van der Waals surface area contributed by atoms with Crippen LogP contribution < -0.4 is 10.6 Å². The second-order valence-electron chi connectivity index (χ2n) is 3.97. The zero-order chi connectivity index (χ0) is 12.7. The summed E-state index contributed by atoms with van der Waals surface area (Å²) in [6, 6.07) is -0.414. The summed E-state index contributed by atoms with van der Waals surface area (Å²) < 4.78 is 0. The van der Waals surface area contributed by atoms with Crippen molar-refractivity contribution < 1.29 is 19.8 Å². The molecule has 0 aliphatic rings. The fourth-order valence-corrected chi connectivity index (χ4v) is 1.24. The highest BCUT2D eigenvalue weighted by Gasteiger charge is 2.17. The highest BCUT2D eigenvalue weighted by atomic mass is 16.4. The lowest BCUT2D eigenvalue weighted by Crippen LogP contribution is -2.47. The van der Waals surface area contributed by atoms with Gasteiger partial charge in [0.1, 0.15) is 0 Å². The van der Waals surface area contributed by atoms with Gasteiger partial charge in [-0.05, 0) is 12.3 Å².